The van der Waals surface area contributed by atoms with Gasteiger partial charge in [-0.3, -0.25) is 4.79 Å². The number of carbonyl (C=O) groups excluding carboxylic acids is 1. The maximum atomic E-state index is 13.3. The lowest BCUT2D eigenvalue weighted by atomic mass is 9.78. The van der Waals surface area contributed by atoms with Crippen LogP contribution in [0.4, 0.5) is 5.82 Å². The predicted octanol–water partition coefficient (Wildman–Crippen LogP) is 2.51. The van der Waals surface area contributed by atoms with Crippen molar-refractivity contribution in [1.82, 2.24) is 9.88 Å². The Balaban J connectivity index is 1.49. The molecule has 1 N–H and O–H groups in total. The van der Waals surface area contributed by atoms with Crippen molar-refractivity contribution in [3.8, 4) is 0 Å². The first-order valence-electron chi connectivity index (χ1n) is 9.75. The van der Waals surface area contributed by atoms with Crippen LogP contribution in [0.25, 0.3) is 0 Å². The molecule has 1 aromatic rings. The number of aliphatic hydroxyl groups is 1. The molecular formula is C20H29N3O2. The Kier molecular flexibility index (Phi) is 4.44. The zero-order chi connectivity index (χ0) is 17.4. The summed E-state index contributed by atoms with van der Waals surface area (Å²) in [6.07, 6.45) is 6.42. The fourth-order valence-corrected chi connectivity index (χ4v) is 4.98. The normalized spacial score (nSPS) is 33.3. The second-order valence-corrected chi connectivity index (χ2v) is 8.15. The maximum absolute atomic E-state index is 13.3. The molecule has 3 heterocycles. The Hall–Kier alpha value is -1.62. The number of aryl methyl sites for hydroxylation is 1. The van der Waals surface area contributed by atoms with Gasteiger partial charge in [-0.1, -0.05) is 6.07 Å². The van der Waals surface area contributed by atoms with Gasteiger partial charge in [0.2, 0.25) is 5.91 Å². The van der Waals surface area contributed by atoms with E-state index in [0.29, 0.717) is 11.9 Å². The monoisotopic (exact) mass is 343 g/mol. The summed E-state index contributed by atoms with van der Waals surface area (Å²) in [6.45, 7) is 4.69. The third-order valence-corrected chi connectivity index (χ3v) is 6.43. The molecule has 25 heavy (non-hydrogen) atoms. The van der Waals surface area contributed by atoms with E-state index >= 15 is 0 Å². The summed E-state index contributed by atoms with van der Waals surface area (Å²) in [6, 6.07) is 6.46. The summed E-state index contributed by atoms with van der Waals surface area (Å²) in [4.78, 5) is 22.4. The molecule has 0 aromatic carbocycles. The van der Waals surface area contributed by atoms with Crippen LogP contribution in [0.1, 0.15) is 50.6 Å². The van der Waals surface area contributed by atoms with Crippen molar-refractivity contribution in [2.75, 3.05) is 24.5 Å². The second-order valence-electron chi connectivity index (χ2n) is 8.15. The number of aliphatic hydroxyl groups excluding tert-OH is 1. The number of anilines is 1. The second kappa shape index (κ2) is 6.60. The SMILES string of the molecule is Cc1cccc(N2CCCC3(CCN([C@H]4CC[C@H](O)CC4)C3=O)C2)n1. The van der Waals surface area contributed by atoms with Gasteiger partial charge in [-0.15, -0.1) is 0 Å². The van der Waals surface area contributed by atoms with Crippen LogP contribution < -0.4 is 4.90 Å². The molecule has 1 aliphatic carbocycles. The number of hydrogen-bond acceptors (Lipinski definition) is 4. The van der Waals surface area contributed by atoms with Gasteiger partial charge in [0.1, 0.15) is 5.82 Å². The molecule has 3 aliphatic rings. The number of hydrogen-bond donors (Lipinski definition) is 1. The number of aromatic nitrogens is 1. The lowest BCUT2D eigenvalue weighted by molar-refractivity contribution is -0.139. The number of rotatable bonds is 2. The van der Waals surface area contributed by atoms with E-state index in [1.54, 1.807) is 0 Å². The highest BCUT2D eigenvalue weighted by molar-refractivity contribution is 5.86. The van der Waals surface area contributed by atoms with Crippen LogP contribution in [0.15, 0.2) is 18.2 Å². The first kappa shape index (κ1) is 16.8. The molecule has 136 valence electrons. The van der Waals surface area contributed by atoms with Crippen LogP contribution in [0.5, 0.6) is 0 Å². The fraction of sp³-hybridized carbons (Fsp3) is 0.700. The van der Waals surface area contributed by atoms with Gasteiger partial charge in [0, 0.05) is 31.4 Å². The lowest BCUT2D eigenvalue weighted by Crippen LogP contribution is -2.50. The number of likely N-dealkylation sites (tertiary alicyclic amines) is 1. The molecule has 1 atom stereocenters. The van der Waals surface area contributed by atoms with E-state index in [2.05, 4.69) is 26.9 Å². The van der Waals surface area contributed by atoms with Gasteiger partial charge >= 0.3 is 0 Å². The molecule has 1 aromatic heterocycles. The number of amides is 1. The summed E-state index contributed by atoms with van der Waals surface area (Å²) in [5.74, 6) is 1.36. The predicted molar refractivity (Wildman–Crippen MR) is 97.4 cm³/mol. The minimum Gasteiger partial charge on any atom is -0.393 e. The van der Waals surface area contributed by atoms with Crippen LogP contribution in [-0.4, -0.2) is 52.7 Å². The van der Waals surface area contributed by atoms with Gasteiger partial charge in [-0.2, -0.15) is 0 Å². The maximum Gasteiger partial charge on any atom is 0.230 e. The average molecular weight is 343 g/mol. The van der Waals surface area contributed by atoms with Crippen LogP contribution >= 0.6 is 0 Å². The molecule has 4 rings (SSSR count). The summed E-state index contributed by atoms with van der Waals surface area (Å²) >= 11 is 0. The van der Waals surface area contributed by atoms with Crippen molar-refractivity contribution in [3.63, 3.8) is 0 Å². The third kappa shape index (κ3) is 3.14. The fourth-order valence-electron chi connectivity index (χ4n) is 4.98. The molecule has 0 bridgehead atoms. The highest BCUT2D eigenvalue weighted by Crippen LogP contribution is 2.43. The van der Waals surface area contributed by atoms with E-state index in [1.807, 2.05) is 13.0 Å². The third-order valence-electron chi connectivity index (χ3n) is 6.43. The van der Waals surface area contributed by atoms with Crippen LogP contribution in [-0.2, 0) is 4.79 Å². The lowest BCUT2D eigenvalue weighted by Gasteiger charge is -2.41. The van der Waals surface area contributed by atoms with Gasteiger partial charge in [0.25, 0.3) is 0 Å². The first-order valence-corrected chi connectivity index (χ1v) is 9.75. The van der Waals surface area contributed by atoms with Gasteiger partial charge in [-0.25, -0.2) is 4.98 Å². The van der Waals surface area contributed by atoms with Gasteiger partial charge in [0.15, 0.2) is 0 Å². The van der Waals surface area contributed by atoms with Crippen molar-refractivity contribution in [1.29, 1.82) is 0 Å². The van der Waals surface area contributed by atoms with Crippen molar-refractivity contribution in [2.24, 2.45) is 5.41 Å². The van der Waals surface area contributed by atoms with E-state index in [9.17, 15) is 9.90 Å². The Morgan fingerprint density at radius 2 is 1.96 bits per heavy atom. The Morgan fingerprint density at radius 3 is 2.72 bits per heavy atom. The zero-order valence-electron chi connectivity index (χ0n) is 15.2. The van der Waals surface area contributed by atoms with Crippen molar-refractivity contribution in [2.45, 2.75) is 64.0 Å². The molecule has 1 spiro atoms. The number of pyridine rings is 1. The van der Waals surface area contributed by atoms with Gasteiger partial charge in [-0.05, 0) is 64.0 Å². The van der Waals surface area contributed by atoms with E-state index in [1.165, 1.54) is 0 Å². The van der Waals surface area contributed by atoms with Gasteiger partial charge in [0.05, 0.1) is 11.5 Å². The minimum absolute atomic E-state index is 0.166. The molecule has 2 saturated heterocycles. The molecule has 3 fully saturated rings. The summed E-state index contributed by atoms with van der Waals surface area (Å²) in [5, 5.41) is 9.74. The smallest absolute Gasteiger partial charge is 0.230 e. The number of piperidine rings is 1. The van der Waals surface area contributed by atoms with Crippen molar-refractivity contribution in [3.05, 3.63) is 23.9 Å². The standard InChI is InChI=1S/C20H29N3O2/c1-15-4-2-5-18(21-15)22-12-3-10-20(14-22)11-13-23(19(20)25)16-6-8-17(24)9-7-16/h2,4-5,16-17,24H,3,6-14H2,1H3/t16-,17-,20?. The molecule has 1 saturated carbocycles. The molecule has 1 unspecified atom stereocenters. The molecule has 5 nitrogen and oxygen atoms in total. The van der Waals surface area contributed by atoms with E-state index in [0.717, 1.165) is 76.1 Å². The van der Waals surface area contributed by atoms with Crippen molar-refractivity contribution >= 4 is 11.7 Å². The minimum atomic E-state index is -0.222. The number of nitrogens with zero attached hydrogens (tertiary/aromatic N) is 3. The molecule has 0 radical (unpaired) electrons. The molecular weight excluding hydrogens is 314 g/mol. The van der Waals surface area contributed by atoms with E-state index in [-0.39, 0.29) is 11.5 Å². The molecule has 1 amide bonds. The van der Waals surface area contributed by atoms with E-state index in [4.69, 9.17) is 0 Å². The van der Waals surface area contributed by atoms with Crippen LogP contribution in [0.3, 0.4) is 0 Å². The highest BCUT2D eigenvalue weighted by atomic mass is 16.3. The highest BCUT2D eigenvalue weighted by Gasteiger charge is 2.50. The van der Waals surface area contributed by atoms with Crippen LogP contribution in [0.2, 0.25) is 0 Å². The van der Waals surface area contributed by atoms with Crippen molar-refractivity contribution < 1.29 is 9.90 Å². The average Bonchev–Trinajstić information content (AvgIpc) is 2.92. The summed E-state index contributed by atoms with van der Waals surface area (Å²) in [5.41, 5.74) is 0.803. The first-order chi connectivity index (χ1) is 12.1. The summed E-state index contributed by atoms with van der Waals surface area (Å²) < 4.78 is 0. The summed E-state index contributed by atoms with van der Waals surface area (Å²) in [7, 11) is 0. The Bertz CT molecular complexity index is 642. The Labute approximate surface area is 150 Å². The Morgan fingerprint density at radius 1 is 1.16 bits per heavy atom. The largest absolute Gasteiger partial charge is 0.393 e. The number of carbonyl (C=O) groups is 1. The molecule has 5 heteroatoms. The van der Waals surface area contributed by atoms with Gasteiger partial charge < -0.3 is 14.9 Å². The topological polar surface area (TPSA) is 56.7 Å². The quantitative estimate of drug-likeness (QED) is 0.896. The zero-order valence-corrected chi connectivity index (χ0v) is 15.2. The van der Waals surface area contributed by atoms with Crippen LogP contribution in [0, 0.1) is 12.3 Å². The molecule has 2 aliphatic heterocycles. The van der Waals surface area contributed by atoms with E-state index < -0.39 is 0 Å².